The molecular formula is C26H34N4O2. The summed E-state index contributed by atoms with van der Waals surface area (Å²) in [6.45, 7) is 7.96. The summed E-state index contributed by atoms with van der Waals surface area (Å²) in [5.74, 6) is -0.307. The average Bonchev–Trinajstić information content (AvgIpc) is 2.83. The number of carbonyl (C=O) groups is 2. The molecule has 0 spiro atoms. The largest absolute Gasteiger partial charge is 0.273 e. The second-order valence-electron chi connectivity index (χ2n) is 7.77. The lowest BCUT2D eigenvalue weighted by atomic mass is 10.1. The van der Waals surface area contributed by atoms with Gasteiger partial charge in [-0.25, -0.2) is 10.9 Å². The van der Waals surface area contributed by atoms with Crippen molar-refractivity contribution in [3.63, 3.8) is 0 Å². The lowest BCUT2D eigenvalue weighted by Gasteiger charge is -2.05. The minimum absolute atomic E-state index is 0.153. The van der Waals surface area contributed by atoms with Crippen molar-refractivity contribution in [3.8, 4) is 0 Å². The molecule has 0 heterocycles. The first kappa shape index (κ1) is 25.0. The van der Waals surface area contributed by atoms with Gasteiger partial charge in [0.15, 0.2) is 0 Å². The number of hydrogen-bond donors (Lipinski definition) is 2. The van der Waals surface area contributed by atoms with Gasteiger partial charge in [-0.3, -0.25) is 9.59 Å². The van der Waals surface area contributed by atoms with E-state index in [9.17, 15) is 9.59 Å². The van der Waals surface area contributed by atoms with Crippen LogP contribution in [0.25, 0.3) is 0 Å². The molecule has 170 valence electrons. The van der Waals surface area contributed by atoms with Gasteiger partial charge in [-0.15, -0.1) is 0 Å². The highest BCUT2D eigenvalue weighted by Gasteiger charge is 2.05. The minimum Gasteiger partial charge on any atom is -0.273 e. The van der Waals surface area contributed by atoms with Crippen molar-refractivity contribution in [1.82, 2.24) is 10.9 Å². The predicted molar refractivity (Wildman–Crippen MR) is 131 cm³/mol. The van der Waals surface area contributed by atoms with E-state index in [0.29, 0.717) is 25.7 Å². The number of benzene rings is 2. The van der Waals surface area contributed by atoms with E-state index < -0.39 is 0 Å². The fraction of sp³-hybridized carbons (Fsp3) is 0.385. The van der Waals surface area contributed by atoms with Gasteiger partial charge in [0.1, 0.15) is 0 Å². The third-order valence-corrected chi connectivity index (χ3v) is 5.31. The van der Waals surface area contributed by atoms with Crippen molar-refractivity contribution in [2.24, 2.45) is 10.2 Å². The molecule has 0 aromatic heterocycles. The quantitative estimate of drug-likeness (QED) is 0.304. The summed E-state index contributed by atoms with van der Waals surface area (Å²) in [6, 6.07) is 16.3. The highest BCUT2D eigenvalue weighted by molar-refractivity contribution is 5.99. The number of amides is 2. The molecule has 32 heavy (non-hydrogen) atoms. The Kier molecular flexibility index (Phi) is 10.3. The van der Waals surface area contributed by atoms with Gasteiger partial charge < -0.3 is 0 Å². The molecule has 0 aliphatic heterocycles. The van der Waals surface area contributed by atoms with Crippen LogP contribution in [0.3, 0.4) is 0 Å². The van der Waals surface area contributed by atoms with Crippen molar-refractivity contribution in [2.45, 2.75) is 66.2 Å². The van der Waals surface area contributed by atoms with Crippen molar-refractivity contribution < 1.29 is 9.59 Å². The van der Waals surface area contributed by atoms with Gasteiger partial charge in [-0.2, -0.15) is 10.2 Å². The number of unbranched alkanes of at least 4 members (excludes halogenated alkanes) is 1. The monoisotopic (exact) mass is 434 g/mol. The second-order valence-corrected chi connectivity index (χ2v) is 7.77. The summed E-state index contributed by atoms with van der Waals surface area (Å²) >= 11 is 0. The van der Waals surface area contributed by atoms with Gasteiger partial charge in [-0.1, -0.05) is 62.4 Å². The van der Waals surface area contributed by atoms with Crippen LogP contribution in [0.2, 0.25) is 0 Å². The van der Waals surface area contributed by atoms with Crippen LogP contribution in [0.4, 0.5) is 0 Å². The molecule has 0 radical (unpaired) electrons. The first-order valence-electron chi connectivity index (χ1n) is 11.3. The number of nitrogens with zero attached hydrogens (tertiary/aromatic N) is 2. The van der Waals surface area contributed by atoms with Gasteiger partial charge >= 0.3 is 0 Å². The number of rotatable bonds is 11. The first-order chi connectivity index (χ1) is 15.4. The number of hydrogen-bond acceptors (Lipinski definition) is 4. The van der Waals surface area contributed by atoms with E-state index in [-0.39, 0.29) is 11.8 Å². The molecule has 0 bridgehead atoms. The number of carbonyl (C=O) groups excluding carboxylic acids is 2. The van der Waals surface area contributed by atoms with E-state index in [1.165, 1.54) is 11.1 Å². The first-order valence-corrected chi connectivity index (χ1v) is 11.3. The van der Waals surface area contributed by atoms with Crippen molar-refractivity contribution in [2.75, 3.05) is 0 Å². The summed E-state index contributed by atoms with van der Waals surface area (Å²) in [6.07, 6.45) is 3.85. The zero-order chi connectivity index (χ0) is 23.3. The fourth-order valence-electron chi connectivity index (χ4n) is 3.07. The van der Waals surface area contributed by atoms with Crippen molar-refractivity contribution in [1.29, 1.82) is 0 Å². The zero-order valence-electron chi connectivity index (χ0n) is 19.6. The molecule has 0 unspecified atom stereocenters. The van der Waals surface area contributed by atoms with Crippen LogP contribution in [-0.2, 0) is 22.4 Å². The third-order valence-electron chi connectivity index (χ3n) is 5.31. The summed E-state index contributed by atoms with van der Waals surface area (Å²) in [7, 11) is 0. The van der Waals surface area contributed by atoms with Crippen LogP contribution in [0, 0.1) is 0 Å². The molecule has 0 atom stereocenters. The Balaban J connectivity index is 1.67. The van der Waals surface area contributed by atoms with Gasteiger partial charge in [-0.05, 0) is 61.8 Å². The van der Waals surface area contributed by atoms with E-state index in [0.717, 1.165) is 35.4 Å². The summed E-state index contributed by atoms with van der Waals surface area (Å²) < 4.78 is 0. The van der Waals surface area contributed by atoms with Gasteiger partial charge in [0.05, 0.1) is 11.4 Å². The molecule has 2 amide bonds. The maximum Gasteiger partial charge on any atom is 0.240 e. The molecule has 0 saturated carbocycles. The van der Waals surface area contributed by atoms with Crippen LogP contribution in [0.5, 0.6) is 0 Å². The Bertz CT molecular complexity index is 865. The molecule has 0 aliphatic rings. The fourth-order valence-corrected chi connectivity index (χ4v) is 3.07. The molecule has 0 fully saturated rings. The molecule has 2 N–H and O–H groups in total. The van der Waals surface area contributed by atoms with E-state index in [2.05, 4.69) is 59.2 Å². The maximum atomic E-state index is 12.0. The van der Waals surface area contributed by atoms with Crippen molar-refractivity contribution in [3.05, 3.63) is 70.8 Å². The molecular weight excluding hydrogens is 400 g/mol. The topological polar surface area (TPSA) is 82.9 Å². The normalized spacial score (nSPS) is 11.9. The predicted octanol–water partition coefficient (Wildman–Crippen LogP) is 4.75. The lowest BCUT2D eigenvalue weighted by Crippen LogP contribution is -2.20. The highest BCUT2D eigenvalue weighted by atomic mass is 16.2. The number of aryl methyl sites for hydroxylation is 2. The molecule has 2 aromatic rings. The van der Waals surface area contributed by atoms with Crippen LogP contribution in [0.1, 0.15) is 75.6 Å². The lowest BCUT2D eigenvalue weighted by molar-refractivity contribution is -0.123. The van der Waals surface area contributed by atoms with Crippen LogP contribution < -0.4 is 10.9 Å². The zero-order valence-corrected chi connectivity index (χ0v) is 19.6. The summed E-state index contributed by atoms with van der Waals surface area (Å²) in [5, 5.41) is 8.34. The molecule has 6 nitrogen and oxygen atoms in total. The van der Waals surface area contributed by atoms with Crippen LogP contribution >= 0.6 is 0 Å². The van der Waals surface area contributed by atoms with E-state index in [1.54, 1.807) is 0 Å². The maximum absolute atomic E-state index is 12.0. The Morgan fingerprint density at radius 2 is 1.00 bits per heavy atom. The average molecular weight is 435 g/mol. The highest BCUT2D eigenvalue weighted by Crippen LogP contribution is 2.07. The number of hydrazone groups is 2. The Morgan fingerprint density at radius 1 is 0.656 bits per heavy atom. The standard InChI is InChI=1S/C26H34N4O2/c1-5-21-11-15-23(16-12-21)19(3)27-29-25(31)9-7-8-10-26(32)30-28-20(4)24-17-13-22(6-2)14-18-24/h11-18H,5-10H2,1-4H3,(H,29,31)(H,30,32). The van der Waals surface area contributed by atoms with Gasteiger partial charge in [0, 0.05) is 12.8 Å². The van der Waals surface area contributed by atoms with E-state index in [1.807, 2.05) is 38.1 Å². The molecule has 2 aromatic carbocycles. The van der Waals surface area contributed by atoms with Gasteiger partial charge in [0.2, 0.25) is 11.8 Å². The SMILES string of the molecule is CCc1ccc(C(C)=NNC(=O)CCCCC(=O)NN=C(C)c2ccc(CC)cc2)cc1. The van der Waals surface area contributed by atoms with Crippen LogP contribution in [0.15, 0.2) is 58.7 Å². The summed E-state index contributed by atoms with van der Waals surface area (Å²) in [4.78, 5) is 24.0. The minimum atomic E-state index is -0.153. The smallest absolute Gasteiger partial charge is 0.240 e. The third kappa shape index (κ3) is 8.46. The second kappa shape index (κ2) is 13.2. The molecule has 6 heteroatoms. The molecule has 0 aliphatic carbocycles. The van der Waals surface area contributed by atoms with E-state index >= 15 is 0 Å². The number of nitrogens with one attached hydrogen (secondary N) is 2. The molecule has 2 rings (SSSR count). The summed E-state index contributed by atoms with van der Waals surface area (Å²) in [5.41, 5.74) is 11.2. The van der Waals surface area contributed by atoms with Crippen LogP contribution in [-0.4, -0.2) is 23.2 Å². The van der Waals surface area contributed by atoms with Gasteiger partial charge in [0.25, 0.3) is 0 Å². The Hall–Kier alpha value is -3.28. The van der Waals surface area contributed by atoms with Crippen molar-refractivity contribution >= 4 is 23.2 Å². The Labute approximate surface area is 191 Å². The Morgan fingerprint density at radius 3 is 1.31 bits per heavy atom. The van der Waals surface area contributed by atoms with E-state index in [4.69, 9.17) is 0 Å². The molecule has 0 saturated heterocycles.